The zero-order valence-corrected chi connectivity index (χ0v) is 46.0. The van der Waals surface area contributed by atoms with E-state index in [1.165, 1.54) is 205 Å². The standard InChI is InChI=1S/C58H113N2O6P/c1-6-8-10-12-14-16-18-20-21-22-23-24-25-26-27-28-29-30-31-32-33-34-35-36-37-38-40-42-44-46-48-50-52-58(62)59-56(55-66-67(63,64)65-54-53-60(3,4)5)57(61)51-49-47-45-43-41-39-19-17-15-13-11-9-7-2/h15,17,41,43,49,51,56-57,61H,6-14,16,18-40,42,44-48,50,52-55H2,1-5H3,(H-,59,62,63,64)/b17-15+,43-41+,51-49+. The van der Waals surface area contributed by atoms with Gasteiger partial charge in [-0.1, -0.05) is 262 Å². The van der Waals surface area contributed by atoms with E-state index in [4.69, 9.17) is 9.05 Å². The molecular weight excluding hydrogens is 852 g/mol. The molecule has 0 saturated carbocycles. The summed E-state index contributed by atoms with van der Waals surface area (Å²) in [6.07, 6.45) is 63.9. The number of unbranched alkanes of at least 4 members (excludes halogenated alkanes) is 36. The van der Waals surface area contributed by atoms with Crippen LogP contribution in [0.25, 0.3) is 0 Å². The smallest absolute Gasteiger partial charge is 0.268 e. The number of quaternary nitrogens is 1. The largest absolute Gasteiger partial charge is 0.756 e. The van der Waals surface area contributed by atoms with Crippen molar-refractivity contribution >= 4 is 13.7 Å². The van der Waals surface area contributed by atoms with Gasteiger partial charge in [-0.3, -0.25) is 9.36 Å². The van der Waals surface area contributed by atoms with Crippen LogP contribution >= 0.6 is 7.82 Å². The van der Waals surface area contributed by atoms with Crippen molar-refractivity contribution in [2.24, 2.45) is 0 Å². The molecule has 1 amide bonds. The first-order valence-electron chi connectivity index (χ1n) is 28.9. The summed E-state index contributed by atoms with van der Waals surface area (Å²) in [5, 5.41) is 13.8. The van der Waals surface area contributed by atoms with Crippen LogP contribution in [0, 0.1) is 0 Å². The lowest BCUT2D eigenvalue weighted by molar-refractivity contribution is -0.870. The van der Waals surface area contributed by atoms with Gasteiger partial charge in [0.15, 0.2) is 0 Å². The fourth-order valence-electron chi connectivity index (χ4n) is 8.54. The fourth-order valence-corrected chi connectivity index (χ4v) is 9.26. The van der Waals surface area contributed by atoms with Crippen molar-refractivity contribution in [1.29, 1.82) is 0 Å². The van der Waals surface area contributed by atoms with Gasteiger partial charge in [0.1, 0.15) is 13.2 Å². The summed E-state index contributed by atoms with van der Waals surface area (Å²) in [7, 11) is 1.24. The number of aliphatic hydroxyl groups is 1. The Morgan fingerprint density at radius 3 is 1.21 bits per heavy atom. The van der Waals surface area contributed by atoms with E-state index < -0.39 is 26.6 Å². The number of rotatable bonds is 53. The van der Waals surface area contributed by atoms with Crippen molar-refractivity contribution in [2.45, 2.75) is 289 Å². The summed E-state index contributed by atoms with van der Waals surface area (Å²) in [6.45, 7) is 4.61. The predicted molar refractivity (Wildman–Crippen MR) is 288 cm³/mol. The summed E-state index contributed by atoms with van der Waals surface area (Å²) in [5.74, 6) is -0.208. The highest BCUT2D eigenvalue weighted by molar-refractivity contribution is 7.45. The highest BCUT2D eigenvalue weighted by Crippen LogP contribution is 2.38. The van der Waals surface area contributed by atoms with Crippen LogP contribution in [-0.4, -0.2) is 68.5 Å². The molecule has 0 heterocycles. The number of carbonyl (C=O) groups excluding carboxylic acids is 1. The van der Waals surface area contributed by atoms with Gasteiger partial charge in [-0.15, -0.1) is 0 Å². The van der Waals surface area contributed by atoms with E-state index in [9.17, 15) is 19.4 Å². The molecule has 0 aromatic heterocycles. The predicted octanol–water partition coefficient (Wildman–Crippen LogP) is 16.7. The van der Waals surface area contributed by atoms with Crippen LogP contribution in [0.5, 0.6) is 0 Å². The van der Waals surface area contributed by atoms with Crippen molar-refractivity contribution in [3.8, 4) is 0 Å². The van der Waals surface area contributed by atoms with Gasteiger partial charge in [-0.25, -0.2) is 0 Å². The number of hydrogen-bond donors (Lipinski definition) is 2. The van der Waals surface area contributed by atoms with Crippen LogP contribution in [0.15, 0.2) is 36.5 Å². The molecule has 0 aliphatic rings. The van der Waals surface area contributed by atoms with Crippen molar-refractivity contribution in [1.82, 2.24) is 5.32 Å². The van der Waals surface area contributed by atoms with Gasteiger partial charge in [-0.2, -0.15) is 0 Å². The third-order valence-corrected chi connectivity index (χ3v) is 14.0. The van der Waals surface area contributed by atoms with Crippen molar-refractivity contribution in [3.05, 3.63) is 36.5 Å². The molecule has 396 valence electrons. The van der Waals surface area contributed by atoms with Crippen LogP contribution in [0.1, 0.15) is 277 Å². The van der Waals surface area contributed by atoms with Crippen LogP contribution < -0.4 is 10.2 Å². The van der Waals surface area contributed by atoms with Crippen molar-refractivity contribution in [3.63, 3.8) is 0 Å². The molecule has 0 aliphatic carbocycles. The number of hydrogen-bond acceptors (Lipinski definition) is 6. The maximum Gasteiger partial charge on any atom is 0.268 e. The third-order valence-electron chi connectivity index (χ3n) is 13.1. The molecule has 0 aromatic carbocycles. The molecule has 8 nitrogen and oxygen atoms in total. The van der Waals surface area contributed by atoms with Gasteiger partial charge in [0.2, 0.25) is 5.91 Å². The Balaban J connectivity index is 4.01. The zero-order valence-electron chi connectivity index (χ0n) is 45.1. The summed E-state index contributed by atoms with van der Waals surface area (Å²) < 4.78 is 23.3. The first-order chi connectivity index (χ1) is 32.5. The summed E-state index contributed by atoms with van der Waals surface area (Å²) in [4.78, 5) is 25.4. The number of aliphatic hydroxyl groups excluding tert-OH is 1. The number of nitrogens with one attached hydrogen (secondary N) is 1. The van der Waals surface area contributed by atoms with E-state index in [-0.39, 0.29) is 12.5 Å². The van der Waals surface area contributed by atoms with Gasteiger partial charge in [0.05, 0.1) is 39.9 Å². The number of allylic oxidation sites excluding steroid dienone is 5. The first-order valence-corrected chi connectivity index (χ1v) is 30.3. The van der Waals surface area contributed by atoms with Gasteiger partial charge < -0.3 is 28.8 Å². The second-order valence-corrected chi connectivity index (χ2v) is 22.4. The number of carbonyl (C=O) groups is 1. The van der Waals surface area contributed by atoms with Gasteiger partial charge in [-0.05, 0) is 44.9 Å². The number of phosphoric acid groups is 1. The molecule has 0 fully saturated rings. The molecule has 3 unspecified atom stereocenters. The molecule has 0 aliphatic heterocycles. The molecule has 0 bridgehead atoms. The van der Waals surface area contributed by atoms with Gasteiger partial charge in [0, 0.05) is 6.42 Å². The maximum atomic E-state index is 12.9. The second-order valence-electron chi connectivity index (χ2n) is 21.0. The van der Waals surface area contributed by atoms with E-state index in [0.29, 0.717) is 17.4 Å². The minimum Gasteiger partial charge on any atom is -0.756 e. The SMILES string of the molecule is CCCCC/C=C/CC/C=C/CC/C=C/C(O)C(COP(=O)([O-])OCC[N+](C)(C)C)NC(=O)CCCCCCCCCCCCCCCCCCCCCCCCCCCCCCCCCC. The Labute approximate surface area is 417 Å². The van der Waals surface area contributed by atoms with Crippen LogP contribution in [0.4, 0.5) is 0 Å². The Morgan fingerprint density at radius 2 is 0.836 bits per heavy atom. The molecule has 0 radical (unpaired) electrons. The number of nitrogens with zero attached hydrogens (tertiary/aromatic N) is 1. The molecule has 67 heavy (non-hydrogen) atoms. The van der Waals surface area contributed by atoms with E-state index in [2.05, 4.69) is 43.5 Å². The molecule has 3 atom stereocenters. The summed E-state index contributed by atoms with van der Waals surface area (Å²) in [6, 6.07) is -0.906. The average molecular weight is 966 g/mol. The van der Waals surface area contributed by atoms with Crippen molar-refractivity contribution < 1.29 is 32.9 Å². The van der Waals surface area contributed by atoms with E-state index >= 15 is 0 Å². The molecule has 0 aromatic rings. The number of amides is 1. The Morgan fingerprint density at radius 1 is 0.507 bits per heavy atom. The van der Waals surface area contributed by atoms with E-state index in [0.717, 1.165) is 51.4 Å². The number of phosphoric ester groups is 1. The fraction of sp³-hybridized carbons (Fsp3) is 0.879. The minimum absolute atomic E-state index is 0.00770. The Hall–Kier alpha value is -1.28. The lowest BCUT2D eigenvalue weighted by atomic mass is 10.0. The highest BCUT2D eigenvalue weighted by Gasteiger charge is 2.23. The van der Waals surface area contributed by atoms with E-state index in [1.54, 1.807) is 6.08 Å². The van der Waals surface area contributed by atoms with Gasteiger partial charge in [0.25, 0.3) is 7.82 Å². The third kappa shape index (κ3) is 52.4. The quantitative estimate of drug-likeness (QED) is 0.0272. The summed E-state index contributed by atoms with van der Waals surface area (Å²) in [5.41, 5.74) is 0. The van der Waals surface area contributed by atoms with Gasteiger partial charge >= 0.3 is 0 Å². The monoisotopic (exact) mass is 965 g/mol. The average Bonchev–Trinajstić information content (AvgIpc) is 3.29. The topological polar surface area (TPSA) is 108 Å². The van der Waals surface area contributed by atoms with Crippen LogP contribution in [0.3, 0.4) is 0 Å². The second kappa shape index (κ2) is 49.7. The maximum absolute atomic E-state index is 12.9. The molecule has 9 heteroatoms. The lowest BCUT2D eigenvalue weighted by Gasteiger charge is -2.29. The highest BCUT2D eigenvalue weighted by atomic mass is 31.2. The molecular formula is C58H113N2O6P. The summed E-state index contributed by atoms with van der Waals surface area (Å²) >= 11 is 0. The molecule has 0 rings (SSSR count). The molecule has 0 spiro atoms. The number of likely N-dealkylation sites (N-methyl/N-ethyl adjacent to an activating group) is 1. The van der Waals surface area contributed by atoms with Crippen LogP contribution in [0.2, 0.25) is 0 Å². The Bertz CT molecular complexity index is 1190. The molecule has 2 N–H and O–H groups in total. The minimum atomic E-state index is -4.60. The van der Waals surface area contributed by atoms with Crippen LogP contribution in [-0.2, 0) is 18.4 Å². The normalized spacial score (nSPS) is 14.2. The first kappa shape index (κ1) is 65.7. The Kier molecular flexibility index (Phi) is 48.7. The van der Waals surface area contributed by atoms with Crippen molar-refractivity contribution in [2.75, 3.05) is 40.9 Å². The van der Waals surface area contributed by atoms with E-state index in [1.807, 2.05) is 27.2 Å². The molecule has 0 saturated heterocycles. The zero-order chi connectivity index (χ0) is 49.2. The lowest BCUT2D eigenvalue weighted by Crippen LogP contribution is -2.45.